The predicted molar refractivity (Wildman–Crippen MR) is 114 cm³/mol. The average molecular weight is 420 g/mol. The van der Waals surface area contributed by atoms with Crippen LogP contribution in [0, 0.1) is 6.92 Å². The Morgan fingerprint density at radius 1 is 1.13 bits per heavy atom. The van der Waals surface area contributed by atoms with Crippen LogP contribution in [-0.4, -0.2) is 45.7 Å². The van der Waals surface area contributed by atoms with Crippen LogP contribution in [0.1, 0.15) is 44.9 Å². The van der Waals surface area contributed by atoms with Crippen molar-refractivity contribution in [3.63, 3.8) is 0 Å². The number of nitrogens with zero attached hydrogens (tertiary/aromatic N) is 9. The number of thiazole rings is 1. The Morgan fingerprint density at radius 3 is 2.73 bits per heavy atom. The molecule has 10 heteroatoms. The van der Waals surface area contributed by atoms with Crippen LogP contribution in [0.15, 0.2) is 30.3 Å². The lowest BCUT2D eigenvalue weighted by atomic mass is 10.1. The Bertz CT molecular complexity index is 1200. The summed E-state index contributed by atoms with van der Waals surface area (Å²) in [7, 11) is 0. The number of rotatable bonds is 4. The van der Waals surface area contributed by atoms with Crippen molar-refractivity contribution in [1.82, 2.24) is 39.7 Å². The number of anilines is 1. The van der Waals surface area contributed by atoms with Crippen molar-refractivity contribution in [2.75, 3.05) is 4.90 Å². The van der Waals surface area contributed by atoms with Crippen LogP contribution in [0.5, 0.6) is 0 Å². The molecule has 1 aliphatic rings. The quantitative estimate of drug-likeness (QED) is 0.495. The van der Waals surface area contributed by atoms with E-state index in [9.17, 15) is 0 Å². The molecule has 0 fully saturated rings. The molecule has 0 saturated heterocycles. The number of hydrogen-bond donors (Lipinski definition) is 0. The predicted octanol–water partition coefficient (Wildman–Crippen LogP) is 3.63. The summed E-state index contributed by atoms with van der Waals surface area (Å²) < 4.78 is 2.06. The average Bonchev–Trinajstić information content (AvgIpc) is 3.42. The third kappa shape index (κ3) is 2.78. The zero-order valence-electron chi connectivity index (χ0n) is 17.2. The van der Waals surface area contributed by atoms with E-state index in [1.807, 2.05) is 18.5 Å². The molecule has 1 aliphatic heterocycles. The molecule has 9 nitrogen and oxygen atoms in total. The summed E-state index contributed by atoms with van der Waals surface area (Å²) in [5.74, 6) is 3.20. The number of aryl methyl sites for hydroxylation is 1. The summed E-state index contributed by atoms with van der Waals surface area (Å²) >= 11 is 1.53. The first-order chi connectivity index (χ1) is 14.6. The fourth-order valence-electron chi connectivity index (χ4n) is 4.00. The van der Waals surface area contributed by atoms with E-state index in [0.29, 0.717) is 5.82 Å². The van der Waals surface area contributed by atoms with Crippen molar-refractivity contribution in [2.24, 2.45) is 0 Å². The summed E-state index contributed by atoms with van der Waals surface area (Å²) in [4.78, 5) is 25.1. The minimum atomic E-state index is 0.0897. The molecule has 0 radical (unpaired) electrons. The van der Waals surface area contributed by atoms with Crippen molar-refractivity contribution < 1.29 is 0 Å². The van der Waals surface area contributed by atoms with Crippen LogP contribution >= 0.6 is 11.3 Å². The van der Waals surface area contributed by atoms with Crippen molar-refractivity contribution in [2.45, 2.75) is 46.2 Å². The molecular formula is C20H21N9S. The minimum Gasteiger partial charge on any atom is -0.342 e. The Balaban J connectivity index is 1.73. The number of aromatic nitrogens is 8. The molecule has 30 heavy (non-hydrogen) atoms. The van der Waals surface area contributed by atoms with Crippen LogP contribution in [0.3, 0.4) is 0 Å². The van der Waals surface area contributed by atoms with Crippen LogP contribution in [0.25, 0.3) is 27.8 Å². The van der Waals surface area contributed by atoms with Gasteiger partial charge >= 0.3 is 0 Å². The van der Waals surface area contributed by atoms with Gasteiger partial charge in [0.15, 0.2) is 17.5 Å². The zero-order chi connectivity index (χ0) is 20.8. The van der Waals surface area contributed by atoms with Gasteiger partial charge in [0.05, 0.1) is 17.8 Å². The van der Waals surface area contributed by atoms with Crippen LogP contribution in [0.4, 0.5) is 5.82 Å². The molecule has 1 atom stereocenters. The monoisotopic (exact) mass is 419 g/mol. The SMILES string of the molecule is CCC1c2nnc(C)n2-c2cnc(-c3cncnc3-c3nccs3)nc2N1C(C)C. The number of fused-ring (bicyclic) bond motifs is 3. The second-order valence-corrected chi connectivity index (χ2v) is 8.29. The fourth-order valence-corrected chi connectivity index (χ4v) is 4.64. The number of hydrogen-bond acceptors (Lipinski definition) is 9. The molecule has 0 bridgehead atoms. The van der Waals surface area contributed by atoms with Gasteiger partial charge in [0, 0.05) is 23.8 Å². The molecule has 0 amide bonds. The largest absolute Gasteiger partial charge is 0.342 e. The maximum absolute atomic E-state index is 5.01. The lowest BCUT2D eigenvalue weighted by Gasteiger charge is -2.39. The topological polar surface area (TPSA) is 98.4 Å². The third-order valence-corrected chi connectivity index (χ3v) is 6.03. The van der Waals surface area contributed by atoms with E-state index in [0.717, 1.165) is 45.8 Å². The Kier molecular flexibility index (Phi) is 4.50. The van der Waals surface area contributed by atoms with Gasteiger partial charge in [-0.25, -0.2) is 24.9 Å². The lowest BCUT2D eigenvalue weighted by Crippen LogP contribution is -2.40. The normalized spacial score (nSPS) is 15.4. The molecule has 0 saturated carbocycles. The second kappa shape index (κ2) is 7.21. The molecule has 0 aliphatic carbocycles. The molecule has 1 unspecified atom stereocenters. The first kappa shape index (κ1) is 18.7. The Hall–Kier alpha value is -3.27. The van der Waals surface area contributed by atoms with Gasteiger partial charge < -0.3 is 4.90 Å². The minimum absolute atomic E-state index is 0.0897. The van der Waals surface area contributed by atoms with Crippen molar-refractivity contribution >= 4 is 17.2 Å². The highest BCUT2D eigenvalue weighted by Gasteiger charge is 2.36. The van der Waals surface area contributed by atoms with Crippen LogP contribution in [-0.2, 0) is 0 Å². The lowest BCUT2D eigenvalue weighted by molar-refractivity contribution is 0.496. The van der Waals surface area contributed by atoms with Gasteiger partial charge in [-0.1, -0.05) is 6.92 Å². The van der Waals surface area contributed by atoms with E-state index >= 15 is 0 Å². The van der Waals surface area contributed by atoms with Crippen molar-refractivity contribution in [3.05, 3.63) is 41.9 Å². The first-order valence-electron chi connectivity index (χ1n) is 9.88. The van der Waals surface area contributed by atoms with Gasteiger partial charge in [0.2, 0.25) is 0 Å². The molecule has 4 aromatic heterocycles. The maximum atomic E-state index is 5.01. The van der Waals surface area contributed by atoms with Gasteiger partial charge in [-0.15, -0.1) is 21.5 Å². The molecule has 0 spiro atoms. The van der Waals surface area contributed by atoms with Gasteiger partial charge in [-0.2, -0.15) is 0 Å². The van der Waals surface area contributed by atoms with E-state index in [2.05, 4.69) is 60.4 Å². The van der Waals surface area contributed by atoms with Gasteiger partial charge in [-0.05, 0) is 27.2 Å². The van der Waals surface area contributed by atoms with E-state index in [1.165, 1.54) is 17.7 Å². The molecule has 5 heterocycles. The van der Waals surface area contributed by atoms with Gasteiger partial charge in [-0.3, -0.25) is 4.57 Å². The summed E-state index contributed by atoms with van der Waals surface area (Å²) in [6.45, 7) is 8.45. The fraction of sp³-hybridized carbons (Fsp3) is 0.350. The third-order valence-electron chi connectivity index (χ3n) is 5.25. The van der Waals surface area contributed by atoms with Crippen LogP contribution < -0.4 is 4.90 Å². The molecule has 0 N–H and O–H groups in total. The van der Waals surface area contributed by atoms with Gasteiger partial charge in [0.1, 0.15) is 28.5 Å². The molecular weight excluding hydrogens is 398 g/mol. The highest BCUT2D eigenvalue weighted by Crippen LogP contribution is 2.41. The summed E-state index contributed by atoms with van der Waals surface area (Å²) in [5.41, 5.74) is 2.39. The van der Waals surface area contributed by atoms with Crippen molar-refractivity contribution in [3.8, 4) is 27.8 Å². The van der Waals surface area contributed by atoms with Crippen LogP contribution in [0.2, 0.25) is 0 Å². The highest BCUT2D eigenvalue weighted by molar-refractivity contribution is 7.13. The van der Waals surface area contributed by atoms with Crippen molar-refractivity contribution in [1.29, 1.82) is 0 Å². The summed E-state index contributed by atoms with van der Waals surface area (Å²) in [6.07, 6.45) is 7.79. The molecule has 0 aromatic carbocycles. The molecule has 5 rings (SSSR count). The van der Waals surface area contributed by atoms with E-state index in [-0.39, 0.29) is 12.1 Å². The Morgan fingerprint density at radius 2 is 2.00 bits per heavy atom. The maximum Gasteiger partial charge on any atom is 0.165 e. The Labute approximate surface area is 177 Å². The highest BCUT2D eigenvalue weighted by atomic mass is 32.1. The molecule has 4 aromatic rings. The van der Waals surface area contributed by atoms with E-state index < -0.39 is 0 Å². The summed E-state index contributed by atoms with van der Waals surface area (Å²) in [5, 5.41) is 11.5. The second-order valence-electron chi connectivity index (χ2n) is 7.39. The smallest absolute Gasteiger partial charge is 0.165 e. The first-order valence-corrected chi connectivity index (χ1v) is 10.8. The van der Waals surface area contributed by atoms with E-state index in [4.69, 9.17) is 4.98 Å². The van der Waals surface area contributed by atoms with E-state index in [1.54, 1.807) is 12.4 Å². The zero-order valence-corrected chi connectivity index (χ0v) is 18.0. The van der Waals surface area contributed by atoms with Gasteiger partial charge in [0.25, 0.3) is 0 Å². The summed E-state index contributed by atoms with van der Waals surface area (Å²) in [6, 6.07) is 0.319. The molecule has 152 valence electrons. The standard InChI is InChI=1S/C20H21N9S/c1-5-14-19-27-26-12(4)29(19)15-9-23-17(25-18(15)28(14)11(2)3)13-8-21-10-24-16(13)20-22-6-7-30-20/h6-11,14H,5H2,1-4H3.